The fraction of sp³-hybridized carbons (Fsp3) is 0.381. The van der Waals surface area contributed by atoms with Crippen molar-refractivity contribution in [1.82, 2.24) is 19.8 Å². The van der Waals surface area contributed by atoms with Gasteiger partial charge in [0.05, 0.1) is 17.8 Å². The number of sulfonamides is 1. The van der Waals surface area contributed by atoms with Crippen LogP contribution in [0.3, 0.4) is 0 Å². The Morgan fingerprint density at radius 1 is 1.25 bits per heavy atom. The van der Waals surface area contributed by atoms with Crippen LogP contribution in [0, 0.1) is 13.8 Å². The number of thioether (sulfide) groups is 1. The van der Waals surface area contributed by atoms with Crippen LogP contribution in [-0.2, 0) is 22.3 Å². The van der Waals surface area contributed by atoms with E-state index in [-0.39, 0.29) is 12.5 Å². The molecule has 0 aliphatic carbocycles. The third kappa shape index (κ3) is 4.90. The number of pyridine rings is 1. The van der Waals surface area contributed by atoms with Gasteiger partial charge in [-0.3, -0.25) is 4.79 Å². The van der Waals surface area contributed by atoms with E-state index in [0.717, 1.165) is 34.7 Å². The zero-order valence-electron chi connectivity index (χ0n) is 17.8. The number of amides is 1. The summed E-state index contributed by atoms with van der Waals surface area (Å²) < 4.78 is 32.4. The summed E-state index contributed by atoms with van der Waals surface area (Å²) in [6.07, 6.45) is 3.45. The van der Waals surface area contributed by atoms with Crippen LogP contribution in [0.2, 0.25) is 0 Å². The van der Waals surface area contributed by atoms with Gasteiger partial charge in [0.25, 0.3) is 15.9 Å². The van der Waals surface area contributed by atoms with Crippen LogP contribution in [0.25, 0.3) is 0 Å². The fourth-order valence-corrected chi connectivity index (χ4v) is 7.55. The van der Waals surface area contributed by atoms with Crippen molar-refractivity contribution in [1.29, 1.82) is 0 Å². The molecule has 0 saturated carbocycles. The van der Waals surface area contributed by atoms with Crippen molar-refractivity contribution >= 4 is 39.0 Å². The molecule has 1 aliphatic rings. The van der Waals surface area contributed by atoms with Crippen molar-refractivity contribution in [3.63, 3.8) is 0 Å². The Morgan fingerprint density at radius 2 is 2.03 bits per heavy atom. The molecule has 4 rings (SSSR count). The lowest BCUT2D eigenvalue weighted by Gasteiger charge is -2.13. The molecule has 8 nitrogen and oxygen atoms in total. The summed E-state index contributed by atoms with van der Waals surface area (Å²) in [5, 5.41) is 7.46. The van der Waals surface area contributed by atoms with Crippen molar-refractivity contribution in [2.45, 2.75) is 48.2 Å². The van der Waals surface area contributed by atoms with Gasteiger partial charge >= 0.3 is 0 Å². The second-order valence-corrected chi connectivity index (χ2v) is 11.8. The predicted octanol–water partition coefficient (Wildman–Crippen LogP) is 3.75. The number of carbonyl (C=O) groups is 1. The Hall–Kier alpha value is -2.21. The molecule has 1 fully saturated rings. The molecule has 170 valence electrons. The Balaban J connectivity index is 1.40. The van der Waals surface area contributed by atoms with Crippen molar-refractivity contribution in [3.05, 3.63) is 57.9 Å². The minimum atomic E-state index is -3.44. The third-order valence-electron chi connectivity index (χ3n) is 5.27. The minimum absolute atomic E-state index is 0.252. The molecular weight excluding hydrogens is 468 g/mol. The highest BCUT2D eigenvalue weighted by Gasteiger charge is 2.28. The second kappa shape index (κ2) is 9.74. The van der Waals surface area contributed by atoms with E-state index in [0.29, 0.717) is 33.6 Å². The van der Waals surface area contributed by atoms with Crippen LogP contribution in [0.4, 0.5) is 0 Å². The van der Waals surface area contributed by atoms with Crippen LogP contribution in [0.5, 0.6) is 0 Å². The zero-order valence-corrected chi connectivity index (χ0v) is 20.3. The summed E-state index contributed by atoms with van der Waals surface area (Å²) in [5.74, 6) is 1.10. The molecule has 0 radical (unpaired) electrons. The third-order valence-corrected chi connectivity index (χ3v) is 9.75. The molecule has 32 heavy (non-hydrogen) atoms. The normalized spacial score (nSPS) is 14.7. The summed E-state index contributed by atoms with van der Waals surface area (Å²) in [7, 11) is -3.44. The zero-order chi connectivity index (χ0) is 22.7. The van der Waals surface area contributed by atoms with Gasteiger partial charge in [0, 0.05) is 35.5 Å². The highest BCUT2D eigenvalue weighted by molar-refractivity contribution is 7.98. The van der Waals surface area contributed by atoms with Gasteiger partial charge in [0.2, 0.25) is 0 Å². The number of hydrogen-bond acceptors (Lipinski definition) is 8. The van der Waals surface area contributed by atoms with Crippen LogP contribution < -0.4 is 5.32 Å². The SMILES string of the molecule is Cc1noc(C)c1CSc1ncccc1C(=O)NCc1ccc(S(=O)(=O)N2CCCC2)s1. The van der Waals surface area contributed by atoms with Gasteiger partial charge < -0.3 is 9.84 Å². The lowest BCUT2D eigenvalue weighted by Crippen LogP contribution is -2.27. The highest BCUT2D eigenvalue weighted by atomic mass is 32.2. The second-order valence-electron chi connectivity index (χ2n) is 7.46. The van der Waals surface area contributed by atoms with Gasteiger partial charge in [-0.15, -0.1) is 23.1 Å². The van der Waals surface area contributed by atoms with Gasteiger partial charge in [-0.05, 0) is 51.0 Å². The van der Waals surface area contributed by atoms with E-state index >= 15 is 0 Å². The van der Waals surface area contributed by atoms with Crippen molar-refractivity contribution in [2.24, 2.45) is 0 Å². The van der Waals surface area contributed by atoms with Gasteiger partial charge in [-0.1, -0.05) is 5.16 Å². The summed E-state index contributed by atoms with van der Waals surface area (Å²) in [4.78, 5) is 18.0. The van der Waals surface area contributed by atoms with E-state index in [1.54, 1.807) is 30.5 Å². The van der Waals surface area contributed by atoms with Gasteiger partial charge in [0.1, 0.15) is 15.0 Å². The quantitative estimate of drug-likeness (QED) is 0.477. The number of nitrogens with one attached hydrogen (secondary N) is 1. The van der Waals surface area contributed by atoms with Crippen LogP contribution in [0.15, 0.2) is 44.2 Å². The number of aromatic nitrogens is 2. The number of aryl methyl sites for hydroxylation is 2. The lowest BCUT2D eigenvalue weighted by molar-refractivity contribution is 0.0947. The minimum Gasteiger partial charge on any atom is -0.361 e. The molecule has 1 amide bonds. The van der Waals surface area contributed by atoms with E-state index in [1.165, 1.54) is 27.4 Å². The van der Waals surface area contributed by atoms with Crippen LogP contribution in [-0.4, -0.2) is 41.9 Å². The first-order valence-electron chi connectivity index (χ1n) is 10.2. The van der Waals surface area contributed by atoms with Crippen molar-refractivity contribution in [2.75, 3.05) is 13.1 Å². The first-order chi connectivity index (χ1) is 15.4. The molecule has 0 aromatic carbocycles. The smallest absolute Gasteiger partial charge is 0.254 e. The van der Waals surface area contributed by atoms with Crippen LogP contribution >= 0.6 is 23.1 Å². The molecule has 11 heteroatoms. The molecule has 0 atom stereocenters. The lowest BCUT2D eigenvalue weighted by atomic mass is 10.2. The standard InChI is InChI=1S/C21H24N4O4S3/c1-14-18(15(2)29-24-14)13-30-21-17(6-5-9-22-21)20(26)23-12-16-7-8-19(31-16)32(27,28)25-10-3-4-11-25/h5-9H,3-4,10-13H2,1-2H3,(H,23,26). The maximum absolute atomic E-state index is 12.8. The maximum Gasteiger partial charge on any atom is 0.254 e. The number of rotatable bonds is 8. The number of nitrogens with zero attached hydrogens (tertiary/aromatic N) is 3. The van der Waals surface area contributed by atoms with Crippen molar-refractivity contribution < 1.29 is 17.7 Å². The average molecular weight is 493 g/mol. The molecule has 1 aliphatic heterocycles. The fourth-order valence-electron chi connectivity index (χ4n) is 3.44. The van der Waals surface area contributed by atoms with Crippen molar-refractivity contribution in [3.8, 4) is 0 Å². The molecule has 0 unspecified atom stereocenters. The first-order valence-corrected chi connectivity index (χ1v) is 13.5. The van der Waals surface area contributed by atoms with Gasteiger partial charge in [-0.25, -0.2) is 13.4 Å². The predicted molar refractivity (Wildman–Crippen MR) is 123 cm³/mol. The average Bonchev–Trinajstić information content (AvgIpc) is 3.54. The maximum atomic E-state index is 12.8. The summed E-state index contributed by atoms with van der Waals surface area (Å²) >= 11 is 2.65. The van der Waals surface area contributed by atoms with Gasteiger partial charge in [-0.2, -0.15) is 4.31 Å². The molecule has 1 saturated heterocycles. The molecular formula is C21H24N4O4S3. The molecule has 0 spiro atoms. The summed E-state index contributed by atoms with van der Waals surface area (Å²) in [6.45, 7) is 5.14. The Kier molecular flexibility index (Phi) is 6.99. The number of thiophene rings is 1. The van der Waals surface area contributed by atoms with E-state index in [1.807, 2.05) is 13.8 Å². The van der Waals surface area contributed by atoms with Crippen LogP contribution in [0.1, 0.15) is 45.1 Å². The molecule has 3 aromatic heterocycles. The molecule has 0 bridgehead atoms. The number of hydrogen-bond donors (Lipinski definition) is 1. The van der Waals surface area contributed by atoms with E-state index < -0.39 is 10.0 Å². The topological polar surface area (TPSA) is 105 Å². The van der Waals surface area contributed by atoms with E-state index in [9.17, 15) is 13.2 Å². The van der Waals surface area contributed by atoms with Gasteiger partial charge in [0.15, 0.2) is 0 Å². The Bertz CT molecular complexity index is 1190. The van der Waals surface area contributed by atoms with E-state index in [2.05, 4.69) is 15.5 Å². The summed E-state index contributed by atoms with van der Waals surface area (Å²) in [6, 6.07) is 6.83. The Labute approximate surface area is 195 Å². The molecule has 1 N–H and O–H groups in total. The number of carbonyl (C=O) groups excluding carboxylic acids is 1. The monoisotopic (exact) mass is 492 g/mol. The summed E-state index contributed by atoms with van der Waals surface area (Å²) in [5.41, 5.74) is 2.30. The largest absolute Gasteiger partial charge is 0.361 e. The first kappa shape index (κ1) is 23.0. The molecule has 4 heterocycles. The molecule has 3 aromatic rings. The Morgan fingerprint density at radius 3 is 2.75 bits per heavy atom. The van der Waals surface area contributed by atoms with E-state index in [4.69, 9.17) is 4.52 Å². The highest BCUT2D eigenvalue weighted by Crippen LogP contribution is 2.29.